The first kappa shape index (κ1) is 11.5. The van der Waals surface area contributed by atoms with Crippen LogP contribution in [0.5, 0.6) is 0 Å². The van der Waals surface area contributed by atoms with Gasteiger partial charge in [-0.25, -0.2) is 9.97 Å². The fourth-order valence-electron chi connectivity index (χ4n) is 1.26. The number of rotatable bonds is 5. The molecule has 6 heteroatoms. The van der Waals surface area contributed by atoms with Crippen LogP contribution in [0, 0.1) is 0 Å². The second-order valence-corrected chi connectivity index (χ2v) is 4.56. The average molecular weight is 285 g/mol. The molecule has 1 saturated carbocycles. The Hall–Kier alpha value is -1.01. The van der Waals surface area contributed by atoms with Crippen LogP contribution in [0.2, 0.25) is 0 Å². The van der Waals surface area contributed by atoms with Crippen LogP contribution in [0.1, 0.15) is 19.3 Å². The summed E-state index contributed by atoms with van der Waals surface area (Å²) in [6.07, 6.45) is 6.02. The Morgan fingerprint density at radius 2 is 2.25 bits per heavy atom. The van der Waals surface area contributed by atoms with Crippen LogP contribution in [0.25, 0.3) is 0 Å². The van der Waals surface area contributed by atoms with Crippen molar-refractivity contribution < 1.29 is 4.79 Å². The van der Waals surface area contributed by atoms with Gasteiger partial charge in [-0.2, -0.15) is 0 Å². The number of hydrogen-bond donors (Lipinski definition) is 2. The molecule has 86 valence electrons. The van der Waals surface area contributed by atoms with Gasteiger partial charge in [-0.3, -0.25) is 4.79 Å². The number of nitrogens with one attached hydrogen (secondary N) is 2. The highest BCUT2D eigenvalue weighted by Gasteiger charge is 2.20. The third-order valence-electron chi connectivity index (χ3n) is 2.25. The topological polar surface area (TPSA) is 66.9 Å². The molecule has 5 nitrogen and oxygen atoms in total. The number of aromatic nitrogens is 2. The Balaban J connectivity index is 1.70. The molecule has 1 amide bonds. The predicted molar refractivity (Wildman–Crippen MR) is 64.0 cm³/mol. The van der Waals surface area contributed by atoms with E-state index in [0.29, 0.717) is 22.9 Å². The smallest absolute Gasteiger partial charge is 0.226 e. The van der Waals surface area contributed by atoms with Gasteiger partial charge in [0.05, 0.1) is 12.4 Å². The monoisotopic (exact) mass is 284 g/mol. The highest BCUT2D eigenvalue weighted by molar-refractivity contribution is 9.10. The molecule has 0 aromatic carbocycles. The summed E-state index contributed by atoms with van der Waals surface area (Å²) in [5, 5.41) is 5.97. The Kier molecular flexibility index (Phi) is 3.84. The molecule has 0 atom stereocenters. The average Bonchev–Trinajstić information content (AvgIpc) is 3.05. The molecule has 1 heterocycles. The number of nitrogens with zero attached hydrogens (tertiary/aromatic N) is 2. The van der Waals surface area contributed by atoms with Crippen LogP contribution in [0.4, 0.5) is 5.82 Å². The highest BCUT2D eigenvalue weighted by Crippen LogP contribution is 2.18. The van der Waals surface area contributed by atoms with Crippen molar-refractivity contribution in [2.75, 3.05) is 11.9 Å². The Morgan fingerprint density at radius 3 is 2.88 bits per heavy atom. The van der Waals surface area contributed by atoms with Crippen molar-refractivity contribution in [3.05, 3.63) is 17.0 Å². The van der Waals surface area contributed by atoms with Crippen LogP contribution in [0.3, 0.4) is 0 Å². The van der Waals surface area contributed by atoms with Crippen molar-refractivity contribution in [3.8, 4) is 0 Å². The van der Waals surface area contributed by atoms with Gasteiger partial charge in [-0.05, 0) is 28.8 Å². The molecule has 0 unspecified atom stereocenters. The molecule has 16 heavy (non-hydrogen) atoms. The molecular weight excluding hydrogens is 272 g/mol. The molecule has 2 rings (SSSR count). The number of carbonyl (C=O) groups excluding carboxylic acids is 1. The van der Waals surface area contributed by atoms with E-state index in [1.165, 1.54) is 19.0 Å². The SMILES string of the molecule is O=C(CCNC1CC1)Nc1cnc(Br)cn1. The number of amides is 1. The van der Waals surface area contributed by atoms with Gasteiger partial charge in [-0.1, -0.05) is 0 Å². The molecule has 1 fully saturated rings. The first-order valence-corrected chi connectivity index (χ1v) is 6.04. The van der Waals surface area contributed by atoms with Gasteiger partial charge in [0.2, 0.25) is 5.91 Å². The van der Waals surface area contributed by atoms with E-state index >= 15 is 0 Å². The van der Waals surface area contributed by atoms with Crippen molar-refractivity contribution in [2.24, 2.45) is 0 Å². The molecule has 0 saturated heterocycles. The first-order valence-electron chi connectivity index (χ1n) is 5.25. The van der Waals surface area contributed by atoms with Crippen molar-refractivity contribution in [1.29, 1.82) is 0 Å². The number of halogens is 1. The molecule has 0 radical (unpaired) electrons. The second-order valence-electron chi connectivity index (χ2n) is 3.75. The van der Waals surface area contributed by atoms with Gasteiger partial charge in [0.15, 0.2) is 5.82 Å². The highest BCUT2D eigenvalue weighted by atomic mass is 79.9. The summed E-state index contributed by atoms with van der Waals surface area (Å²) < 4.78 is 0.654. The first-order chi connectivity index (χ1) is 7.74. The minimum absolute atomic E-state index is 0.0372. The molecule has 1 aliphatic rings. The third-order valence-corrected chi connectivity index (χ3v) is 2.66. The van der Waals surface area contributed by atoms with Gasteiger partial charge >= 0.3 is 0 Å². The zero-order valence-electron chi connectivity index (χ0n) is 8.74. The van der Waals surface area contributed by atoms with E-state index in [1.54, 1.807) is 6.20 Å². The van der Waals surface area contributed by atoms with Crippen LogP contribution in [-0.4, -0.2) is 28.5 Å². The van der Waals surface area contributed by atoms with Gasteiger partial charge in [0, 0.05) is 19.0 Å². The maximum Gasteiger partial charge on any atom is 0.226 e. The molecule has 2 N–H and O–H groups in total. The summed E-state index contributed by atoms with van der Waals surface area (Å²) in [6.45, 7) is 0.723. The predicted octanol–water partition coefficient (Wildman–Crippen LogP) is 1.32. The minimum atomic E-state index is -0.0372. The van der Waals surface area contributed by atoms with Crippen molar-refractivity contribution in [1.82, 2.24) is 15.3 Å². The minimum Gasteiger partial charge on any atom is -0.313 e. The molecular formula is C10H13BrN4O. The van der Waals surface area contributed by atoms with E-state index in [0.717, 1.165) is 6.54 Å². The maximum absolute atomic E-state index is 11.5. The third kappa shape index (κ3) is 3.86. The van der Waals surface area contributed by atoms with Crippen LogP contribution in [-0.2, 0) is 4.79 Å². The van der Waals surface area contributed by atoms with E-state index in [2.05, 4.69) is 36.5 Å². The molecule has 1 aliphatic carbocycles. The van der Waals surface area contributed by atoms with Crippen LogP contribution < -0.4 is 10.6 Å². The summed E-state index contributed by atoms with van der Waals surface area (Å²) in [6, 6.07) is 0.639. The maximum atomic E-state index is 11.5. The van der Waals surface area contributed by atoms with Gasteiger partial charge < -0.3 is 10.6 Å². The molecule has 0 aliphatic heterocycles. The lowest BCUT2D eigenvalue weighted by molar-refractivity contribution is -0.116. The standard InChI is InChI=1S/C10H13BrN4O/c11-8-5-14-9(6-13-8)15-10(16)3-4-12-7-1-2-7/h5-7,12H,1-4H2,(H,14,15,16). The summed E-state index contributed by atoms with van der Waals surface area (Å²) in [5.41, 5.74) is 0. The number of hydrogen-bond acceptors (Lipinski definition) is 4. The summed E-state index contributed by atoms with van der Waals surface area (Å²) in [4.78, 5) is 19.5. The zero-order chi connectivity index (χ0) is 11.4. The molecule has 1 aromatic rings. The van der Waals surface area contributed by atoms with Gasteiger partial charge in [0.25, 0.3) is 0 Å². The van der Waals surface area contributed by atoms with E-state index in [4.69, 9.17) is 0 Å². The lowest BCUT2D eigenvalue weighted by Crippen LogP contribution is -2.23. The van der Waals surface area contributed by atoms with Crippen LogP contribution >= 0.6 is 15.9 Å². The normalized spacial score (nSPS) is 14.8. The lowest BCUT2D eigenvalue weighted by atomic mass is 10.4. The zero-order valence-corrected chi connectivity index (χ0v) is 10.3. The van der Waals surface area contributed by atoms with Crippen molar-refractivity contribution in [2.45, 2.75) is 25.3 Å². The summed E-state index contributed by atoms with van der Waals surface area (Å²) >= 11 is 3.18. The number of anilines is 1. The Labute approximate surface area is 102 Å². The fraction of sp³-hybridized carbons (Fsp3) is 0.500. The number of carbonyl (C=O) groups is 1. The lowest BCUT2D eigenvalue weighted by Gasteiger charge is -2.04. The summed E-state index contributed by atoms with van der Waals surface area (Å²) in [7, 11) is 0. The molecule has 1 aromatic heterocycles. The van der Waals surface area contributed by atoms with E-state index in [-0.39, 0.29) is 5.91 Å². The van der Waals surface area contributed by atoms with Crippen molar-refractivity contribution >= 4 is 27.7 Å². The Bertz CT molecular complexity index is 364. The van der Waals surface area contributed by atoms with E-state index < -0.39 is 0 Å². The quantitative estimate of drug-likeness (QED) is 0.856. The van der Waals surface area contributed by atoms with E-state index in [1.807, 2.05) is 0 Å². The van der Waals surface area contributed by atoms with Crippen molar-refractivity contribution in [3.63, 3.8) is 0 Å². The van der Waals surface area contributed by atoms with Gasteiger partial charge in [-0.15, -0.1) is 0 Å². The molecule has 0 spiro atoms. The molecule has 0 bridgehead atoms. The fourth-order valence-corrected chi connectivity index (χ4v) is 1.46. The summed E-state index contributed by atoms with van der Waals surface area (Å²) in [5.74, 6) is 0.449. The van der Waals surface area contributed by atoms with E-state index in [9.17, 15) is 4.79 Å². The Morgan fingerprint density at radius 1 is 1.44 bits per heavy atom. The van der Waals surface area contributed by atoms with Crippen LogP contribution in [0.15, 0.2) is 17.0 Å². The van der Waals surface area contributed by atoms with Gasteiger partial charge in [0.1, 0.15) is 4.60 Å². The second kappa shape index (κ2) is 5.36. The largest absolute Gasteiger partial charge is 0.313 e.